The van der Waals surface area contributed by atoms with E-state index in [0.717, 1.165) is 26.5 Å². The van der Waals surface area contributed by atoms with Crippen LogP contribution in [0.15, 0.2) is 180 Å². The first kappa shape index (κ1) is 18.7. The number of benzene rings is 7. The van der Waals surface area contributed by atoms with E-state index in [1.54, 1.807) is 6.07 Å². The van der Waals surface area contributed by atoms with Crippen molar-refractivity contribution in [3.63, 3.8) is 0 Å². The van der Waals surface area contributed by atoms with E-state index in [2.05, 4.69) is 0 Å². The average Bonchev–Trinajstić information content (AvgIpc) is 3.86. The molecule has 0 N–H and O–H groups in total. The highest BCUT2D eigenvalue weighted by atomic mass is 16.3. The standard InChI is InChI=1S/C46H29N3O/c1-3-12-30(13-4-1)31-22-24-32(25-23-31)46-47-40(29-41(48-46)38-19-11-18-37-36-17-8-10-21-44(36)50-45(37)38)33-26-27-43-39(28-33)35-16-7-9-20-42(35)49(43)34-14-5-2-6-15-34/h1-29H/i2D,5D,6D,7D,9D,14D,15D,16D,20D,26D,27D,28D. The fourth-order valence-corrected chi connectivity index (χ4v) is 6.46. The molecule has 10 rings (SSSR count). The second kappa shape index (κ2) is 11.4. The van der Waals surface area contributed by atoms with Gasteiger partial charge in [0.25, 0.3) is 0 Å². The summed E-state index contributed by atoms with van der Waals surface area (Å²) in [6.07, 6.45) is 0. The van der Waals surface area contributed by atoms with Gasteiger partial charge in [-0.15, -0.1) is 0 Å². The molecule has 0 spiro atoms. The Labute approximate surface area is 305 Å². The highest BCUT2D eigenvalue weighted by molar-refractivity contribution is 6.11. The third-order valence-electron chi connectivity index (χ3n) is 8.78. The maximum atomic E-state index is 9.82. The quantitative estimate of drug-likeness (QED) is 0.186. The summed E-state index contributed by atoms with van der Waals surface area (Å²) >= 11 is 0. The van der Waals surface area contributed by atoms with E-state index in [9.17, 15) is 4.11 Å². The molecule has 0 saturated heterocycles. The van der Waals surface area contributed by atoms with Crippen molar-refractivity contribution in [2.24, 2.45) is 0 Å². The molecule has 0 bridgehead atoms. The normalized spacial score (nSPS) is 15.0. The van der Waals surface area contributed by atoms with Crippen LogP contribution in [0, 0.1) is 0 Å². The zero-order valence-electron chi connectivity index (χ0n) is 38.1. The molecule has 0 unspecified atom stereocenters. The van der Waals surface area contributed by atoms with Crippen LogP contribution >= 0.6 is 0 Å². The lowest BCUT2D eigenvalue weighted by atomic mass is 10.0. The third kappa shape index (κ3) is 4.61. The van der Waals surface area contributed by atoms with E-state index < -0.39 is 78.2 Å². The molecule has 50 heavy (non-hydrogen) atoms. The minimum absolute atomic E-state index is 0.0557. The molecule has 0 aliphatic rings. The Morgan fingerprint density at radius 3 is 2.08 bits per heavy atom. The van der Waals surface area contributed by atoms with Gasteiger partial charge in [-0.1, -0.05) is 127 Å². The summed E-state index contributed by atoms with van der Waals surface area (Å²) in [5.41, 5.74) is 3.49. The van der Waals surface area contributed by atoms with Crippen molar-refractivity contribution < 1.29 is 20.9 Å². The Morgan fingerprint density at radius 2 is 1.20 bits per heavy atom. The van der Waals surface area contributed by atoms with Crippen LogP contribution in [0.4, 0.5) is 0 Å². The van der Waals surface area contributed by atoms with Crippen molar-refractivity contribution in [3.05, 3.63) is 176 Å². The molecule has 7 aromatic carbocycles. The molecule has 4 nitrogen and oxygen atoms in total. The van der Waals surface area contributed by atoms with Gasteiger partial charge in [0.05, 0.1) is 38.9 Å². The number of rotatable bonds is 5. The lowest BCUT2D eigenvalue weighted by Gasteiger charge is -2.11. The Kier molecular flexibility index (Phi) is 4.27. The van der Waals surface area contributed by atoms with Crippen LogP contribution in [-0.2, 0) is 0 Å². The highest BCUT2D eigenvalue weighted by Crippen LogP contribution is 2.39. The van der Waals surface area contributed by atoms with Gasteiger partial charge >= 0.3 is 0 Å². The van der Waals surface area contributed by atoms with Gasteiger partial charge in [0.2, 0.25) is 0 Å². The molecular weight excluding hydrogens is 611 g/mol. The molecule has 234 valence electrons. The molecule has 0 saturated carbocycles. The highest BCUT2D eigenvalue weighted by Gasteiger charge is 2.18. The largest absolute Gasteiger partial charge is 0.455 e. The maximum Gasteiger partial charge on any atom is 0.160 e. The van der Waals surface area contributed by atoms with Crippen molar-refractivity contribution >= 4 is 43.7 Å². The molecular formula is C46H29N3O. The summed E-state index contributed by atoms with van der Waals surface area (Å²) < 4.78 is 114. The van der Waals surface area contributed by atoms with Gasteiger partial charge < -0.3 is 8.98 Å². The fourth-order valence-electron chi connectivity index (χ4n) is 6.46. The first-order valence-corrected chi connectivity index (χ1v) is 15.9. The number of fused-ring (bicyclic) bond motifs is 6. The lowest BCUT2D eigenvalue weighted by Crippen LogP contribution is -1.96. The van der Waals surface area contributed by atoms with Gasteiger partial charge in [-0.05, 0) is 59.5 Å². The van der Waals surface area contributed by atoms with Crippen molar-refractivity contribution in [3.8, 4) is 50.7 Å². The van der Waals surface area contributed by atoms with E-state index in [1.165, 1.54) is 0 Å². The lowest BCUT2D eigenvalue weighted by molar-refractivity contribution is 0.670. The predicted molar refractivity (Wildman–Crippen MR) is 205 cm³/mol. The fraction of sp³-hybridized carbons (Fsp3) is 0. The van der Waals surface area contributed by atoms with Crippen LogP contribution in [-0.4, -0.2) is 14.5 Å². The second-order valence-electron chi connectivity index (χ2n) is 11.7. The van der Waals surface area contributed by atoms with E-state index in [-0.39, 0.29) is 38.9 Å². The topological polar surface area (TPSA) is 43.9 Å². The van der Waals surface area contributed by atoms with Gasteiger partial charge in [0.1, 0.15) is 11.2 Å². The zero-order chi connectivity index (χ0) is 43.5. The number of para-hydroxylation sites is 4. The summed E-state index contributed by atoms with van der Waals surface area (Å²) in [6.45, 7) is 0. The van der Waals surface area contributed by atoms with Crippen molar-refractivity contribution in [2.75, 3.05) is 0 Å². The molecule has 0 radical (unpaired) electrons. The Morgan fingerprint density at radius 1 is 0.500 bits per heavy atom. The summed E-state index contributed by atoms with van der Waals surface area (Å²) in [7, 11) is 0. The SMILES string of the molecule is [2H]c1c([2H])c([2H])c(-n2c3c([2H])c([2H])c([2H])c([2H])c3c3c([2H])c(-c4cc(-c5cccc6c5oc5ccccc56)nc(-c5ccc(-c6ccccc6)cc5)n4)c([2H])c([2H])c32)c([2H])c1[2H]. The van der Waals surface area contributed by atoms with Gasteiger partial charge in [-0.2, -0.15) is 0 Å². The van der Waals surface area contributed by atoms with Crippen LogP contribution in [0.2, 0.25) is 0 Å². The van der Waals surface area contributed by atoms with Crippen molar-refractivity contribution in [1.82, 2.24) is 14.5 Å². The van der Waals surface area contributed by atoms with E-state index in [0.29, 0.717) is 28.0 Å². The monoisotopic (exact) mass is 651 g/mol. The van der Waals surface area contributed by atoms with Gasteiger partial charge in [0.15, 0.2) is 5.82 Å². The molecule has 0 fully saturated rings. The van der Waals surface area contributed by atoms with E-state index in [1.807, 2.05) is 97.1 Å². The first-order chi connectivity index (χ1) is 29.8. The van der Waals surface area contributed by atoms with Crippen molar-refractivity contribution in [2.45, 2.75) is 0 Å². The molecule has 4 heteroatoms. The predicted octanol–water partition coefficient (Wildman–Crippen LogP) is 12.1. The first-order valence-electron chi connectivity index (χ1n) is 21.9. The second-order valence-corrected chi connectivity index (χ2v) is 11.7. The van der Waals surface area contributed by atoms with Gasteiger partial charge in [-0.25, -0.2) is 9.97 Å². The molecule has 0 aliphatic carbocycles. The maximum absolute atomic E-state index is 9.82. The van der Waals surface area contributed by atoms with Crippen LogP contribution < -0.4 is 0 Å². The number of furan rings is 1. The smallest absolute Gasteiger partial charge is 0.160 e. The summed E-state index contributed by atoms with van der Waals surface area (Å²) in [5.74, 6) is 0.221. The zero-order valence-corrected chi connectivity index (χ0v) is 26.1. The molecule has 0 atom stereocenters. The number of hydrogen-bond donors (Lipinski definition) is 0. The van der Waals surface area contributed by atoms with E-state index in [4.69, 9.17) is 26.7 Å². The Bertz CT molecular complexity index is 3520. The van der Waals surface area contributed by atoms with Crippen LogP contribution in [0.1, 0.15) is 16.4 Å². The number of hydrogen-bond acceptors (Lipinski definition) is 3. The minimum Gasteiger partial charge on any atom is -0.455 e. The molecule has 3 aromatic heterocycles. The molecule has 0 amide bonds. The molecule has 0 aliphatic heterocycles. The van der Waals surface area contributed by atoms with Crippen LogP contribution in [0.25, 0.3) is 94.5 Å². The summed E-state index contributed by atoms with van der Waals surface area (Å²) in [4.78, 5) is 9.93. The summed E-state index contributed by atoms with van der Waals surface area (Å²) in [6, 6.07) is 24.7. The van der Waals surface area contributed by atoms with Gasteiger partial charge in [0, 0.05) is 43.9 Å². The van der Waals surface area contributed by atoms with Crippen LogP contribution in [0.3, 0.4) is 0 Å². The van der Waals surface area contributed by atoms with E-state index >= 15 is 0 Å². The molecule has 10 aromatic rings. The van der Waals surface area contributed by atoms with Gasteiger partial charge in [-0.3, -0.25) is 0 Å². The molecule has 3 heterocycles. The summed E-state index contributed by atoms with van der Waals surface area (Å²) in [5, 5.41) is 1.30. The minimum atomic E-state index is -0.713. The Balaban J connectivity index is 1.31. The number of nitrogens with zero attached hydrogens (tertiary/aromatic N) is 3. The van der Waals surface area contributed by atoms with Crippen molar-refractivity contribution in [1.29, 1.82) is 0 Å². The third-order valence-corrected chi connectivity index (χ3v) is 8.78. The van der Waals surface area contributed by atoms with Crippen LogP contribution in [0.5, 0.6) is 0 Å². The number of aromatic nitrogens is 3. The average molecular weight is 652 g/mol. The Hall–Kier alpha value is -6.78.